The van der Waals surface area contributed by atoms with Crippen molar-refractivity contribution in [1.82, 2.24) is 10.2 Å². The zero-order valence-electron chi connectivity index (χ0n) is 12.9. The highest BCUT2D eigenvalue weighted by Gasteiger charge is 2.53. The quantitative estimate of drug-likeness (QED) is 0.253. The number of nitrogens with two attached hydrogens (primary N) is 1. The van der Waals surface area contributed by atoms with Crippen LogP contribution >= 0.6 is 11.8 Å². The molecule has 25 heavy (non-hydrogen) atoms. The van der Waals surface area contributed by atoms with Crippen molar-refractivity contribution in [2.45, 2.75) is 23.9 Å². The number of aliphatic hydroxyl groups is 1. The van der Waals surface area contributed by atoms with Crippen LogP contribution in [0.25, 0.3) is 0 Å². The van der Waals surface area contributed by atoms with E-state index in [2.05, 4.69) is 5.32 Å². The van der Waals surface area contributed by atoms with E-state index in [0.29, 0.717) is 0 Å². The lowest BCUT2D eigenvalue weighted by atomic mass is 10.0. The molecule has 2 aliphatic rings. The summed E-state index contributed by atoms with van der Waals surface area (Å²) in [6, 6.07) is -2.01. The number of nitrogens with one attached hydrogen (secondary N) is 1. The Bertz CT molecular complexity index is 675. The monoisotopic (exact) mass is 371 g/mol. The summed E-state index contributed by atoms with van der Waals surface area (Å²) in [7, 11) is 0. The number of aliphatic carboxylic acids is 2. The maximum absolute atomic E-state index is 12.2. The number of thioether (sulfide) groups is 1. The fourth-order valence-electron chi connectivity index (χ4n) is 2.43. The van der Waals surface area contributed by atoms with Crippen LogP contribution in [0.15, 0.2) is 23.4 Å². The lowest BCUT2D eigenvalue weighted by Gasteiger charge is -2.49. The van der Waals surface area contributed by atoms with Gasteiger partial charge in [0.25, 0.3) is 5.91 Å². The van der Waals surface area contributed by atoms with Crippen LogP contribution in [0, 0.1) is 0 Å². The molecule has 2 rings (SSSR count). The molecule has 3 atom stereocenters. The molecular formula is C14H17N3O7S. The maximum atomic E-state index is 12.2. The van der Waals surface area contributed by atoms with E-state index in [-0.39, 0.29) is 23.4 Å². The average molecular weight is 371 g/mol. The van der Waals surface area contributed by atoms with Crippen LogP contribution in [-0.4, -0.2) is 73.8 Å². The van der Waals surface area contributed by atoms with Crippen molar-refractivity contribution in [2.75, 3.05) is 12.4 Å². The van der Waals surface area contributed by atoms with Crippen molar-refractivity contribution in [3.8, 4) is 0 Å². The number of amides is 2. The van der Waals surface area contributed by atoms with Crippen molar-refractivity contribution in [3.63, 3.8) is 0 Å². The molecule has 10 nitrogen and oxygen atoms in total. The maximum Gasteiger partial charge on any atom is 0.352 e. The molecule has 3 unspecified atom stereocenters. The molecule has 1 saturated heterocycles. The topological polar surface area (TPSA) is 170 Å². The summed E-state index contributed by atoms with van der Waals surface area (Å²) >= 11 is 1.24. The van der Waals surface area contributed by atoms with Gasteiger partial charge in [-0.1, -0.05) is 6.08 Å². The second-order valence-corrected chi connectivity index (χ2v) is 6.50. The molecule has 2 aliphatic heterocycles. The van der Waals surface area contributed by atoms with E-state index in [4.69, 9.17) is 10.8 Å². The van der Waals surface area contributed by atoms with E-state index in [1.54, 1.807) is 0 Å². The van der Waals surface area contributed by atoms with Crippen LogP contribution in [0.1, 0.15) is 6.42 Å². The van der Waals surface area contributed by atoms with Gasteiger partial charge in [0.1, 0.15) is 23.2 Å². The molecule has 11 heteroatoms. The molecule has 0 bridgehead atoms. The minimum absolute atomic E-state index is 0.0442. The Morgan fingerprint density at radius 1 is 1.40 bits per heavy atom. The molecule has 1 fully saturated rings. The van der Waals surface area contributed by atoms with Gasteiger partial charge in [-0.3, -0.25) is 19.3 Å². The molecule has 0 aromatic heterocycles. The van der Waals surface area contributed by atoms with E-state index in [9.17, 15) is 29.4 Å². The largest absolute Gasteiger partial charge is 0.480 e. The van der Waals surface area contributed by atoms with Crippen molar-refractivity contribution >= 4 is 35.5 Å². The predicted molar refractivity (Wildman–Crippen MR) is 86.1 cm³/mol. The predicted octanol–water partition coefficient (Wildman–Crippen LogP) is -1.92. The highest BCUT2D eigenvalue weighted by molar-refractivity contribution is 8.00. The fourth-order valence-corrected chi connectivity index (χ4v) is 3.76. The van der Waals surface area contributed by atoms with Crippen LogP contribution < -0.4 is 11.1 Å². The molecule has 0 aromatic carbocycles. The Morgan fingerprint density at radius 2 is 2.08 bits per heavy atom. The van der Waals surface area contributed by atoms with E-state index in [1.807, 2.05) is 0 Å². The Hall–Kier alpha value is -2.37. The number of β-lactam (4-membered cyclic amide) rings is 1. The van der Waals surface area contributed by atoms with Gasteiger partial charge in [0.2, 0.25) is 5.91 Å². The Labute approximate surface area is 146 Å². The SMILES string of the molecule is NC(C/C=C/C(=O)NC1C(=O)N2C(C(=O)O)=C(CO)CSC12)C(=O)O. The van der Waals surface area contributed by atoms with Crippen molar-refractivity contribution < 1.29 is 34.5 Å². The number of hydrogen-bond acceptors (Lipinski definition) is 7. The van der Waals surface area contributed by atoms with Crippen LogP contribution in [0.3, 0.4) is 0 Å². The second kappa shape index (κ2) is 7.68. The Balaban J connectivity index is 1.99. The number of carboxylic acid groups (broad SMARTS) is 2. The van der Waals surface area contributed by atoms with Gasteiger partial charge >= 0.3 is 11.9 Å². The van der Waals surface area contributed by atoms with Gasteiger partial charge in [-0.15, -0.1) is 11.8 Å². The van der Waals surface area contributed by atoms with Crippen molar-refractivity contribution in [3.05, 3.63) is 23.4 Å². The van der Waals surface area contributed by atoms with Crippen LogP contribution in [-0.2, 0) is 19.2 Å². The van der Waals surface area contributed by atoms with Crippen LogP contribution in [0.5, 0.6) is 0 Å². The number of rotatable bonds is 7. The molecular weight excluding hydrogens is 354 g/mol. The van der Waals surface area contributed by atoms with E-state index in [0.717, 1.165) is 11.0 Å². The highest BCUT2D eigenvalue weighted by atomic mass is 32.2. The van der Waals surface area contributed by atoms with Gasteiger partial charge in [-0.05, 0) is 18.1 Å². The van der Waals surface area contributed by atoms with Crippen LogP contribution in [0.2, 0.25) is 0 Å². The Kier molecular flexibility index (Phi) is 5.82. The third-order valence-corrected chi connectivity index (χ3v) is 5.05. The summed E-state index contributed by atoms with van der Waals surface area (Å²) in [5.41, 5.74) is 5.29. The minimum Gasteiger partial charge on any atom is -0.480 e. The molecule has 2 heterocycles. The smallest absolute Gasteiger partial charge is 0.352 e. The van der Waals surface area contributed by atoms with Gasteiger partial charge < -0.3 is 26.4 Å². The molecule has 0 aromatic rings. The summed E-state index contributed by atoms with van der Waals surface area (Å²) < 4.78 is 0. The zero-order valence-corrected chi connectivity index (χ0v) is 13.7. The molecule has 0 radical (unpaired) electrons. The second-order valence-electron chi connectivity index (χ2n) is 5.39. The molecule has 6 N–H and O–H groups in total. The van der Waals surface area contributed by atoms with E-state index in [1.165, 1.54) is 17.8 Å². The third kappa shape index (κ3) is 3.83. The highest BCUT2D eigenvalue weighted by Crippen LogP contribution is 2.40. The van der Waals surface area contributed by atoms with Crippen molar-refractivity contribution in [1.29, 1.82) is 0 Å². The normalized spacial score (nSPS) is 23.9. The lowest BCUT2D eigenvalue weighted by Crippen LogP contribution is -2.70. The van der Waals surface area contributed by atoms with Gasteiger partial charge in [0.05, 0.1) is 6.61 Å². The van der Waals surface area contributed by atoms with Crippen molar-refractivity contribution in [2.24, 2.45) is 5.73 Å². The third-order valence-electron chi connectivity index (χ3n) is 3.71. The van der Waals surface area contributed by atoms with Gasteiger partial charge in [-0.25, -0.2) is 4.79 Å². The summed E-state index contributed by atoms with van der Waals surface area (Å²) in [4.78, 5) is 46.9. The lowest BCUT2D eigenvalue weighted by molar-refractivity contribution is -0.150. The first-order chi connectivity index (χ1) is 11.8. The fraction of sp³-hybridized carbons (Fsp3) is 0.429. The van der Waals surface area contributed by atoms with Gasteiger partial charge in [0.15, 0.2) is 0 Å². The molecule has 2 amide bonds. The summed E-state index contributed by atoms with van der Waals surface area (Å²) in [5, 5.41) is 29.0. The zero-order chi connectivity index (χ0) is 18.7. The van der Waals surface area contributed by atoms with E-state index >= 15 is 0 Å². The molecule has 136 valence electrons. The number of fused-ring (bicyclic) bond motifs is 1. The summed E-state index contributed by atoms with van der Waals surface area (Å²) in [5.74, 6) is -3.45. The van der Waals surface area contributed by atoms with Crippen LogP contribution in [0.4, 0.5) is 0 Å². The number of carboxylic acids is 2. The summed E-state index contributed by atoms with van der Waals surface area (Å²) in [6.45, 7) is -0.464. The molecule has 0 spiro atoms. The van der Waals surface area contributed by atoms with Gasteiger partial charge in [-0.2, -0.15) is 0 Å². The Morgan fingerprint density at radius 3 is 2.64 bits per heavy atom. The first-order valence-electron chi connectivity index (χ1n) is 7.24. The average Bonchev–Trinajstić information content (AvgIpc) is 2.57. The number of carbonyl (C=O) groups excluding carboxylic acids is 2. The minimum atomic E-state index is -1.31. The number of nitrogens with zero attached hydrogens (tertiary/aromatic N) is 1. The first-order valence-corrected chi connectivity index (χ1v) is 8.29. The molecule has 0 aliphatic carbocycles. The molecule has 0 saturated carbocycles. The standard InChI is InChI=1S/C14H17N3O7S/c15-7(13(21)22)2-1-3-8(19)16-9-11(20)17-10(14(23)24)6(4-18)5-25-12(9)17/h1,3,7,9,12,18H,2,4-5,15H2,(H,16,19)(H,21,22)(H,23,24)/b3-1+. The van der Waals surface area contributed by atoms with E-state index < -0.39 is 47.8 Å². The first kappa shape index (κ1) is 19.0. The number of aliphatic hydroxyl groups excluding tert-OH is 1. The number of hydrogen-bond donors (Lipinski definition) is 5. The number of carbonyl (C=O) groups is 4. The summed E-state index contributed by atoms with van der Waals surface area (Å²) in [6.07, 6.45) is 2.33. The van der Waals surface area contributed by atoms with Gasteiger partial charge in [0, 0.05) is 5.75 Å².